The molecule has 4 heteroatoms. The SMILES string of the molecule is Clc1cccc(Cl)c1/C=C/c1nc2ccccc2n1Cc1ccccc1. The molecule has 0 atom stereocenters. The van der Waals surface area contributed by atoms with Crippen LogP contribution in [0.2, 0.25) is 10.0 Å². The largest absolute Gasteiger partial charge is 0.320 e. The quantitative estimate of drug-likeness (QED) is 0.393. The highest BCUT2D eigenvalue weighted by molar-refractivity contribution is 6.37. The normalized spacial score (nSPS) is 11.5. The van der Waals surface area contributed by atoms with E-state index >= 15 is 0 Å². The zero-order chi connectivity index (χ0) is 17.9. The van der Waals surface area contributed by atoms with Gasteiger partial charge in [-0.25, -0.2) is 4.98 Å². The van der Waals surface area contributed by atoms with Crippen molar-refractivity contribution in [2.45, 2.75) is 6.54 Å². The van der Waals surface area contributed by atoms with Crippen LogP contribution >= 0.6 is 23.2 Å². The van der Waals surface area contributed by atoms with Gasteiger partial charge in [-0.05, 0) is 42.0 Å². The van der Waals surface area contributed by atoms with E-state index in [0.717, 1.165) is 29.0 Å². The minimum absolute atomic E-state index is 0.625. The molecule has 0 aliphatic heterocycles. The predicted molar refractivity (Wildman–Crippen MR) is 111 cm³/mol. The Bertz CT molecular complexity index is 1060. The summed E-state index contributed by atoms with van der Waals surface area (Å²) in [6.07, 6.45) is 3.89. The number of hydrogen-bond donors (Lipinski definition) is 0. The van der Waals surface area contributed by atoms with Gasteiger partial charge < -0.3 is 4.57 Å². The van der Waals surface area contributed by atoms with Crippen LogP contribution in [0, 0.1) is 0 Å². The number of aromatic nitrogens is 2. The molecule has 0 N–H and O–H groups in total. The van der Waals surface area contributed by atoms with Gasteiger partial charge in [-0.2, -0.15) is 0 Å². The first-order valence-corrected chi connectivity index (χ1v) is 9.09. The van der Waals surface area contributed by atoms with E-state index in [0.29, 0.717) is 10.0 Å². The van der Waals surface area contributed by atoms with E-state index in [9.17, 15) is 0 Å². The average Bonchev–Trinajstić information content (AvgIpc) is 3.00. The van der Waals surface area contributed by atoms with Gasteiger partial charge in [-0.1, -0.05) is 71.7 Å². The lowest BCUT2D eigenvalue weighted by atomic mass is 10.2. The van der Waals surface area contributed by atoms with Crippen LogP contribution in [0.1, 0.15) is 17.0 Å². The second-order valence-electron chi connectivity index (χ2n) is 6.00. The van der Waals surface area contributed by atoms with E-state index in [2.05, 4.69) is 22.8 Å². The highest BCUT2D eigenvalue weighted by Crippen LogP contribution is 2.27. The molecule has 0 spiro atoms. The molecule has 0 unspecified atom stereocenters. The Morgan fingerprint density at radius 2 is 1.46 bits per heavy atom. The summed E-state index contributed by atoms with van der Waals surface area (Å²) in [6.45, 7) is 0.747. The van der Waals surface area contributed by atoms with Crippen LogP contribution in [0.15, 0.2) is 72.8 Å². The third-order valence-corrected chi connectivity index (χ3v) is 4.93. The summed E-state index contributed by atoms with van der Waals surface area (Å²) in [7, 11) is 0. The highest BCUT2D eigenvalue weighted by atomic mass is 35.5. The zero-order valence-corrected chi connectivity index (χ0v) is 15.5. The lowest BCUT2D eigenvalue weighted by Crippen LogP contribution is -2.01. The summed E-state index contributed by atoms with van der Waals surface area (Å²) in [4.78, 5) is 4.77. The molecular weight excluding hydrogens is 363 g/mol. The second kappa shape index (κ2) is 7.36. The van der Waals surface area contributed by atoms with Crippen LogP contribution in [-0.2, 0) is 6.54 Å². The first-order valence-electron chi connectivity index (χ1n) is 8.33. The lowest BCUT2D eigenvalue weighted by molar-refractivity contribution is 0.814. The maximum atomic E-state index is 6.28. The zero-order valence-electron chi connectivity index (χ0n) is 13.9. The Hall–Kier alpha value is -2.55. The Kier molecular flexibility index (Phi) is 4.79. The van der Waals surface area contributed by atoms with Crippen molar-refractivity contribution in [1.29, 1.82) is 0 Å². The van der Waals surface area contributed by atoms with Crippen molar-refractivity contribution in [3.8, 4) is 0 Å². The second-order valence-corrected chi connectivity index (χ2v) is 6.81. The molecule has 0 bridgehead atoms. The lowest BCUT2D eigenvalue weighted by Gasteiger charge is -2.07. The molecule has 1 aromatic heterocycles. The number of halogens is 2. The summed E-state index contributed by atoms with van der Waals surface area (Å²) in [5.41, 5.74) is 4.09. The maximum Gasteiger partial charge on any atom is 0.134 e. The van der Waals surface area contributed by atoms with E-state index in [-0.39, 0.29) is 0 Å². The smallest absolute Gasteiger partial charge is 0.134 e. The van der Waals surface area contributed by atoms with Gasteiger partial charge in [0, 0.05) is 22.2 Å². The van der Waals surface area contributed by atoms with Crippen LogP contribution in [0.5, 0.6) is 0 Å². The summed E-state index contributed by atoms with van der Waals surface area (Å²) >= 11 is 12.6. The maximum absolute atomic E-state index is 6.28. The third kappa shape index (κ3) is 3.39. The molecule has 0 fully saturated rings. The van der Waals surface area contributed by atoms with E-state index in [1.165, 1.54) is 5.56 Å². The molecule has 3 aromatic carbocycles. The molecule has 0 saturated heterocycles. The van der Waals surface area contributed by atoms with Crippen molar-refractivity contribution in [3.63, 3.8) is 0 Å². The van der Waals surface area contributed by atoms with Gasteiger partial charge in [0.25, 0.3) is 0 Å². The van der Waals surface area contributed by atoms with Gasteiger partial charge >= 0.3 is 0 Å². The van der Waals surface area contributed by atoms with Gasteiger partial charge in [-0.15, -0.1) is 0 Å². The van der Waals surface area contributed by atoms with Crippen molar-refractivity contribution in [3.05, 3.63) is 99.8 Å². The van der Waals surface area contributed by atoms with E-state index in [1.807, 2.05) is 66.7 Å². The van der Waals surface area contributed by atoms with Crippen molar-refractivity contribution < 1.29 is 0 Å². The number of hydrogen-bond acceptors (Lipinski definition) is 1. The fourth-order valence-electron chi connectivity index (χ4n) is 2.98. The highest BCUT2D eigenvalue weighted by Gasteiger charge is 2.09. The fourth-order valence-corrected chi connectivity index (χ4v) is 3.50. The minimum atomic E-state index is 0.625. The Balaban J connectivity index is 1.79. The topological polar surface area (TPSA) is 17.8 Å². The van der Waals surface area contributed by atoms with E-state index in [1.54, 1.807) is 0 Å². The molecule has 4 aromatic rings. The van der Waals surface area contributed by atoms with Crippen molar-refractivity contribution in [2.24, 2.45) is 0 Å². The molecule has 0 saturated carbocycles. The molecule has 1 heterocycles. The average molecular weight is 379 g/mol. The summed E-state index contributed by atoms with van der Waals surface area (Å²) in [6, 6.07) is 24.0. The standard InChI is InChI=1S/C22H16Cl2N2/c23-18-9-6-10-19(24)17(18)13-14-22-25-20-11-4-5-12-21(20)26(22)15-16-7-2-1-3-8-16/h1-14H,15H2/b14-13+. The Labute approximate surface area is 162 Å². The Morgan fingerprint density at radius 3 is 2.23 bits per heavy atom. The van der Waals surface area contributed by atoms with Crippen LogP contribution in [-0.4, -0.2) is 9.55 Å². The van der Waals surface area contributed by atoms with Gasteiger partial charge in [0.1, 0.15) is 5.82 Å². The van der Waals surface area contributed by atoms with E-state index < -0.39 is 0 Å². The van der Waals surface area contributed by atoms with Crippen molar-refractivity contribution in [1.82, 2.24) is 9.55 Å². The van der Waals surface area contributed by atoms with Crippen LogP contribution in [0.25, 0.3) is 23.2 Å². The third-order valence-electron chi connectivity index (χ3n) is 4.27. The number of rotatable bonds is 4. The fraction of sp³-hybridized carbons (Fsp3) is 0.0455. The van der Waals surface area contributed by atoms with Gasteiger partial charge in [0.15, 0.2) is 0 Å². The van der Waals surface area contributed by atoms with Crippen molar-refractivity contribution in [2.75, 3.05) is 0 Å². The molecular formula is C22H16Cl2N2. The molecule has 4 rings (SSSR count). The molecule has 26 heavy (non-hydrogen) atoms. The van der Waals surface area contributed by atoms with Crippen molar-refractivity contribution >= 4 is 46.4 Å². The number of benzene rings is 3. The predicted octanol–water partition coefficient (Wildman–Crippen LogP) is 6.56. The van der Waals surface area contributed by atoms with Crippen LogP contribution < -0.4 is 0 Å². The monoisotopic (exact) mass is 378 g/mol. The summed E-state index contributed by atoms with van der Waals surface area (Å²) < 4.78 is 2.20. The van der Waals surface area contributed by atoms with Gasteiger partial charge in [-0.3, -0.25) is 0 Å². The van der Waals surface area contributed by atoms with Crippen LogP contribution in [0.4, 0.5) is 0 Å². The van der Waals surface area contributed by atoms with Gasteiger partial charge in [0.05, 0.1) is 11.0 Å². The molecule has 0 radical (unpaired) electrons. The number of imidazole rings is 1. The molecule has 0 amide bonds. The van der Waals surface area contributed by atoms with Gasteiger partial charge in [0.2, 0.25) is 0 Å². The molecule has 0 aliphatic rings. The minimum Gasteiger partial charge on any atom is -0.320 e. The molecule has 128 valence electrons. The first kappa shape index (κ1) is 16.9. The number of fused-ring (bicyclic) bond motifs is 1. The van der Waals surface area contributed by atoms with Crippen LogP contribution in [0.3, 0.4) is 0 Å². The number of para-hydroxylation sites is 2. The molecule has 2 nitrogen and oxygen atoms in total. The molecule has 0 aliphatic carbocycles. The Morgan fingerprint density at radius 1 is 0.769 bits per heavy atom. The van der Waals surface area contributed by atoms with E-state index in [4.69, 9.17) is 28.2 Å². The summed E-state index contributed by atoms with van der Waals surface area (Å²) in [5.74, 6) is 0.867. The first-order chi connectivity index (χ1) is 12.7. The summed E-state index contributed by atoms with van der Waals surface area (Å²) in [5, 5.41) is 1.25. The number of nitrogens with zero attached hydrogens (tertiary/aromatic N) is 2.